The van der Waals surface area contributed by atoms with E-state index in [4.69, 9.17) is 4.74 Å². The minimum Gasteiger partial charge on any atom is -0.491 e. The molecule has 0 aliphatic carbocycles. The number of ether oxygens (including phenoxy) is 1. The number of hydrogen-bond acceptors (Lipinski definition) is 3. The Kier molecular flexibility index (Phi) is 4.81. The third-order valence-electron chi connectivity index (χ3n) is 3.42. The maximum absolute atomic E-state index is 9.47. The lowest BCUT2D eigenvalue weighted by molar-refractivity contribution is 0.195. The summed E-state index contributed by atoms with van der Waals surface area (Å²) in [5.41, 5.74) is 1.04. The molecule has 3 nitrogen and oxygen atoms in total. The van der Waals surface area contributed by atoms with Crippen molar-refractivity contribution in [2.75, 3.05) is 13.1 Å². The van der Waals surface area contributed by atoms with Crippen LogP contribution in [0.5, 0.6) is 5.75 Å². The Morgan fingerprint density at radius 1 is 1.21 bits per heavy atom. The van der Waals surface area contributed by atoms with Crippen molar-refractivity contribution in [3.63, 3.8) is 0 Å². The maximum atomic E-state index is 9.47. The number of nitriles is 1. The van der Waals surface area contributed by atoms with Crippen LogP contribution in [0.2, 0.25) is 0 Å². The molecule has 1 fully saturated rings. The minimum absolute atomic E-state index is 0.143. The molecule has 0 spiro atoms. The summed E-state index contributed by atoms with van der Waals surface area (Å²) in [6, 6.07) is 10.2. The molecule has 1 aliphatic heterocycles. The molecule has 1 saturated heterocycles. The third-order valence-corrected chi connectivity index (χ3v) is 3.42. The van der Waals surface area contributed by atoms with E-state index < -0.39 is 0 Å². The molecule has 19 heavy (non-hydrogen) atoms. The Morgan fingerprint density at radius 3 is 2.58 bits per heavy atom. The van der Waals surface area contributed by atoms with Gasteiger partial charge < -0.3 is 4.74 Å². The zero-order valence-corrected chi connectivity index (χ0v) is 11.8. The highest BCUT2D eigenvalue weighted by molar-refractivity contribution is 5.33. The highest BCUT2D eigenvalue weighted by atomic mass is 16.5. The first-order valence-electron chi connectivity index (χ1n) is 7.11. The lowest BCUT2D eigenvalue weighted by Gasteiger charge is -2.30. The molecule has 1 heterocycles. The van der Waals surface area contributed by atoms with Gasteiger partial charge in [-0.25, -0.2) is 0 Å². The van der Waals surface area contributed by atoms with Gasteiger partial charge in [0, 0.05) is 0 Å². The first-order valence-corrected chi connectivity index (χ1v) is 7.11. The second kappa shape index (κ2) is 6.58. The lowest BCUT2D eigenvalue weighted by Crippen LogP contribution is -2.33. The van der Waals surface area contributed by atoms with Crippen LogP contribution in [0.4, 0.5) is 0 Å². The topological polar surface area (TPSA) is 36.3 Å². The fourth-order valence-electron chi connectivity index (χ4n) is 2.57. The number of piperidine rings is 1. The van der Waals surface area contributed by atoms with Crippen LogP contribution in [0, 0.1) is 11.3 Å². The summed E-state index contributed by atoms with van der Waals surface area (Å²) in [7, 11) is 0. The van der Waals surface area contributed by atoms with Gasteiger partial charge in [0.05, 0.1) is 12.2 Å². The SMILES string of the molecule is CC(C)Oc1cccc(C(C#N)N2CCCCC2)c1. The summed E-state index contributed by atoms with van der Waals surface area (Å²) in [4.78, 5) is 2.28. The fraction of sp³-hybridized carbons (Fsp3) is 0.562. The van der Waals surface area contributed by atoms with Crippen molar-refractivity contribution in [2.24, 2.45) is 0 Å². The molecule has 0 radical (unpaired) electrons. The Labute approximate surface area is 115 Å². The van der Waals surface area contributed by atoms with Gasteiger partial charge in [0.1, 0.15) is 11.8 Å². The minimum atomic E-state index is -0.143. The van der Waals surface area contributed by atoms with E-state index in [-0.39, 0.29) is 12.1 Å². The highest BCUT2D eigenvalue weighted by Gasteiger charge is 2.22. The summed E-state index contributed by atoms with van der Waals surface area (Å²) in [5, 5.41) is 9.47. The third kappa shape index (κ3) is 3.71. The molecule has 1 aromatic carbocycles. The predicted molar refractivity (Wildman–Crippen MR) is 76.0 cm³/mol. The van der Waals surface area contributed by atoms with Gasteiger partial charge in [0.2, 0.25) is 0 Å². The van der Waals surface area contributed by atoms with Gasteiger partial charge in [-0.2, -0.15) is 5.26 Å². The quantitative estimate of drug-likeness (QED) is 0.829. The zero-order chi connectivity index (χ0) is 13.7. The predicted octanol–water partition coefficient (Wildman–Crippen LogP) is 3.52. The molecule has 0 saturated carbocycles. The Hall–Kier alpha value is -1.53. The smallest absolute Gasteiger partial charge is 0.123 e. The van der Waals surface area contributed by atoms with E-state index in [9.17, 15) is 5.26 Å². The molecule has 3 heteroatoms. The van der Waals surface area contributed by atoms with Crippen LogP contribution in [-0.2, 0) is 0 Å². The van der Waals surface area contributed by atoms with E-state index in [2.05, 4.69) is 11.0 Å². The van der Waals surface area contributed by atoms with Crippen molar-refractivity contribution in [1.82, 2.24) is 4.90 Å². The van der Waals surface area contributed by atoms with Crippen LogP contribution in [0.1, 0.15) is 44.7 Å². The van der Waals surface area contributed by atoms with Crippen LogP contribution in [0.25, 0.3) is 0 Å². The zero-order valence-electron chi connectivity index (χ0n) is 11.8. The van der Waals surface area contributed by atoms with E-state index >= 15 is 0 Å². The molecule has 1 atom stereocenters. The largest absolute Gasteiger partial charge is 0.491 e. The van der Waals surface area contributed by atoms with Gasteiger partial charge in [-0.05, 0) is 57.5 Å². The van der Waals surface area contributed by atoms with Crippen molar-refractivity contribution in [2.45, 2.75) is 45.3 Å². The van der Waals surface area contributed by atoms with Crippen molar-refractivity contribution < 1.29 is 4.74 Å². The number of benzene rings is 1. The molecular formula is C16H22N2O. The van der Waals surface area contributed by atoms with E-state index in [0.29, 0.717) is 0 Å². The molecular weight excluding hydrogens is 236 g/mol. The van der Waals surface area contributed by atoms with E-state index in [1.165, 1.54) is 19.3 Å². The molecule has 0 N–H and O–H groups in total. The van der Waals surface area contributed by atoms with E-state index in [1.54, 1.807) is 0 Å². The molecule has 1 aliphatic rings. The first-order chi connectivity index (χ1) is 9.20. The maximum Gasteiger partial charge on any atom is 0.123 e. The Bertz CT molecular complexity index is 444. The van der Waals surface area contributed by atoms with E-state index in [1.807, 2.05) is 38.1 Å². The van der Waals surface area contributed by atoms with Crippen LogP contribution in [-0.4, -0.2) is 24.1 Å². The van der Waals surface area contributed by atoms with Gasteiger partial charge in [-0.1, -0.05) is 18.6 Å². The number of likely N-dealkylation sites (tertiary alicyclic amines) is 1. The summed E-state index contributed by atoms with van der Waals surface area (Å²) in [6.45, 7) is 6.07. The summed E-state index contributed by atoms with van der Waals surface area (Å²) >= 11 is 0. The number of rotatable bonds is 4. The fourth-order valence-corrected chi connectivity index (χ4v) is 2.57. The van der Waals surface area contributed by atoms with Gasteiger partial charge in [-0.15, -0.1) is 0 Å². The van der Waals surface area contributed by atoms with Crippen LogP contribution in [0.15, 0.2) is 24.3 Å². The molecule has 0 aromatic heterocycles. The average molecular weight is 258 g/mol. The van der Waals surface area contributed by atoms with Gasteiger partial charge in [0.25, 0.3) is 0 Å². The summed E-state index contributed by atoms with van der Waals surface area (Å²) in [6.07, 6.45) is 3.83. The van der Waals surface area contributed by atoms with Crippen LogP contribution >= 0.6 is 0 Å². The Morgan fingerprint density at radius 2 is 1.95 bits per heavy atom. The molecule has 1 unspecified atom stereocenters. The van der Waals surface area contributed by atoms with Crippen molar-refractivity contribution in [3.8, 4) is 11.8 Å². The normalized spacial score (nSPS) is 18.0. The molecule has 0 amide bonds. The second-order valence-corrected chi connectivity index (χ2v) is 5.37. The molecule has 1 aromatic rings. The standard InChI is InChI=1S/C16H22N2O/c1-13(2)19-15-8-6-7-14(11-15)16(12-17)18-9-4-3-5-10-18/h6-8,11,13,16H,3-5,9-10H2,1-2H3. The highest BCUT2D eigenvalue weighted by Crippen LogP contribution is 2.26. The van der Waals surface area contributed by atoms with Gasteiger partial charge in [-0.3, -0.25) is 4.90 Å². The first kappa shape index (κ1) is 13.9. The van der Waals surface area contributed by atoms with Crippen molar-refractivity contribution >= 4 is 0 Å². The molecule has 2 rings (SSSR count). The van der Waals surface area contributed by atoms with Crippen LogP contribution < -0.4 is 4.74 Å². The molecule has 102 valence electrons. The Balaban J connectivity index is 2.16. The second-order valence-electron chi connectivity index (χ2n) is 5.37. The van der Waals surface area contributed by atoms with Gasteiger partial charge in [0.15, 0.2) is 0 Å². The number of hydrogen-bond donors (Lipinski definition) is 0. The number of nitrogens with zero attached hydrogens (tertiary/aromatic N) is 2. The van der Waals surface area contributed by atoms with E-state index in [0.717, 1.165) is 24.4 Å². The average Bonchev–Trinajstić information content (AvgIpc) is 2.40. The monoisotopic (exact) mass is 258 g/mol. The lowest BCUT2D eigenvalue weighted by atomic mass is 10.0. The van der Waals surface area contributed by atoms with Gasteiger partial charge >= 0.3 is 0 Å². The summed E-state index contributed by atoms with van der Waals surface area (Å²) < 4.78 is 5.71. The van der Waals surface area contributed by atoms with Crippen LogP contribution in [0.3, 0.4) is 0 Å². The molecule has 0 bridgehead atoms. The summed E-state index contributed by atoms with van der Waals surface area (Å²) in [5.74, 6) is 0.852. The van der Waals surface area contributed by atoms with Crippen molar-refractivity contribution in [1.29, 1.82) is 5.26 Å². The van der Waals surface area contributed by atoms with Crippen molar-refractivity contribution in [3.05, 3.63) is 29.8 Å².